The number of nitrogens with zero attached hydrogens (tertiary/aromatic N) is 2. The second-order valence-electron chi connectivity index (χ2n) is 14.6. The molecule has 358 valence electrons. The summed E-state index contributed by atoms with van der Waals surface area (Å²) in [6, 6.07) is 17.0. The quantitative estimate of drug-likeness (QED) is 0.0540. The van der Waals surface area contributed by atoms with Crippen LogP contribution in [0.25, 0.3) is 0 Å². The molecule has 2 aromatic carbocycles. The second kappa shape index (κ2) is 24.0. The average molecular weight is 955 g/mol. The van der Waals surface area contributed by atoms with E-state index in [2.05, 4.69) is 10.3 Å². The van der Waals surface area contributed by atoms with Gasteiger partial charge in [-0.2, -0.15) is 5.26 Å². The van der Waals surface area contributed by atoms with E-state index in [-0.39, 0.29) is 24.0 Å². The first-order chi connectivity index (χ1) is 32.0. The van der Waals surface area contributed by atoms with Gasteiger partial charge in [-0.05, 0) is 36.8 Å². The molecule has 2 saturated heterocycles. The molecule has 0 saturated carbocycles. The molecule has 2 aliphatic rings. The van der Waals surface area contributed by atoms with Gasteiger partial charge in [0.1, 0.15) is 18.8 Å². The van der Waals surface area contributed by atoms with Crippen LogP contribution in [0, 0.1) is 11.3 Å². The summed E-state index contributed by atoms with van der Waals surface area (Å²) in [5.74, 6) is -4.74. The van der Waals surface area contributed by atoms with Crippen molar-refractivity contribution in [2.75, 3.05) is 19.8 Å². The zero-order chi connectivity index (χ0) is 48.7. The van der Waals surface area contributed by atoms with E-state index >= 15 is 0 Å². The van der Waals surface area contributed by atoms with Crippen molar-refractivity contribution < 1.29 is 80.1 Å². The summed E-state index contributed by atoms with van der Waals surface area (Å²) in [6.45, 7) is 2.73. The monoisotopic (exact) mass is 954 g/mol. The summed E-state index contributed by atoms with van der Waals surface area (Å²) in [4.78, 5) is 103. The van der Waals surface area contributed by atoms with Crippen LogP contribution in [0.1, 0.15) is 67.5 Å². The fraction of sp³-hybridized carbons (Fsp3) is 0.419. The summed E-state index contributed by atoms with van der Waals surface area (Å²) in [6.07, 6.45) is -8.66. The van der Waals surface area contributed by atoms with Crippen LogP contribution in [-0.2, 0) is 70.5 Å². The van der Waals surface area contributed by atoms with Crippen molar-refractivity contribution >= 4 is 43.6 Å². The molecule has 1 unspecified atom stereocenters. The first-order valence-electron chi connectivity index (χ1n) is 20.5. The number of H-pyrrole nitrogens is 1. The summed E-state index contributed by atoms with van der Waals surface area (Å²) in [7, 11) is -4.80. The maximum atomic E-state index is 14.2. The van der Waals surface area contributed by atoms with E-state index in [0.29, 0.717) is 0 Å². The highest BCUT2D eigenvalue weighted by Crippen LogP contribution is 2.51. The number of benzene rings is 2. The lowest BCUT2D eigenvalue weighted by Gasteiger charge is -2.45. The SMILES string of the molecule is CC(=O)N[C@@H]1[C@@H](OC(C)=O)[C@H](OC(C)=O)[C@@H](COC(C)=O)O[C@@H]1C/C=C/OP(=O)(OCCC#N)OC[C@H]1O[C@@H](n2ccc(=O)[nH]c2=O)[C@H](OC(=O)c2ccccc2)[C@@H]1OC(=O)c1ccccc1. The summed E-state index contributed by atoms with van der Waals surface area (Å²) in [5, 5.41) is 11.8. The Balaban J connectivity index is 1.44. The molecule has 67 heavy (non-hydrogen) atoms. The molecular formula is C43H47N4O19P. The van der Waals surface area contributed by atoms with Gasteiger partial charge < -0.3 is 43.0 Å². The smallest absolute Gasteiger partial charge is 0.463 e. The van der Waals surface area contributed by atoms with Crippen LogP contribution >= 0.6 is 7.82 Å². The van der Waals surface area contributed by atoms with Gasteiger partial charge in [0.2, 0.25) is 5.91 Å². The molecule has 0 spiro atoms. The van der Waals surface area contributed by atoms with Crippen molar-refractivity contribution in [3.63, 3.8) is 0 Å². The lowest BCUT2D eigenvalue weighted by atomic mass is 9.90. The zero-order valence-electron chi connectivity index (χ0n) is 36.4. The predicted molar refractivity (Wildman–Crippen MR) is 225 cm³/mol. The van der Waals surface area contributed by atoms with Gasteiger partial charge in [0.05, 0.1) is 55.2 Å². The number of phosphoric ester groups is 1. The van der Waals surface area contributed by atoms with Gasteiger partial charge in [-0.3, -0.25) is 42.6 Å². The van der Waals surface area contributed by atoms with Crippen LogP contribution in [0.3, 0.4) is 0 Å². The second-order valence-corrected chi connectivity index (χ2v) is 16.3. The Morgan fingerprint density at radius 2 is 1.33 bits per heavy atom. The highest BCUT2D eigenvalue weighted by molar-refractivity contribution is 7.48. The van der Waals surface area contributed by atoms with Gasteiger partial charge >= 0.3 is 43.4 Å². The Labute approximate surface area is 381 Å². The lowest BCUT2D eigenvalue weighted by Crippen LogP contribution is -2.66. The number of ether oxygens (including phenoxy) is 7. The largest absolute Gasteiger partial charge is 0.529 e. The van der Waals surface area contributed by atoms with E-state index in [1.807, 2.05) is 6.07 Å². The van der Waals surface area contributed by atoms with Crippen molar-refractivity contribution in [3.8, 4) is 6.07 Å². The zero-order valence-corrected chi connectivity index (χ0v) is 37.3. The standard InChI is InChI=1S/C43H47N4O19P/c1-25(48)45-35-31(63-32(23-57-26(2)49)36(61-27(3)50)38(35)62-28(4)51)17-11-21-58-67(56,59-22-12-19-44)60-24-33-37(65-41(53)29-13-7-5-8-14-29)39(66-42(54)30-15-9-6-10-16-30)40(64-33)47-20-18-34(52)46-43(47)55/h5-11,13-16,18,20-21,31-33,35-40H,12,17,22-24H2,1-4H3,(H,45,48)(H,46,52,55)/b21-11+/t31-,32-,33-,35+,36-,37-,38-,39-,40-,67?/m1/s1. The minimum atomic E-state index is -4.80. The minimum Gasteiger partial charge on any atom is -0.463 e. The van der Waals surface area contributed by atoms with E-state index in [1.165, 1.54) is 37.3 Å². The number of rotatable bonds is 20. The maximum Gasteiger partial charge on any atom is 0.529 e. The molecule has 3 heterocycles. The maximum absolute atomic E-state index is 14.2. The van der Waals surface area contributed by atoms with Crippen LogP contribution in [0.4, 0.5) is 0 Å². The van der Waals surface area contributed by atoms with Crippen LogP contribution in [0.15, 0.2) is 94.9 Å². The fourth-order valence-electron chi connectivity index (χ4n) is 6.89. The van der Waals surface area contributed by atoms with E-state index in [9.17, 15) is 48.2 Å². The average Bonchev–Trinajstić information content (AvgIpc) is 3.61. The Kier molecular flexibility index (Phi) is 18.3. The van der Waals surface area contributed by atoms with Gasteiger partial charge in [-0.25, -0.2) is 18.9 Å². The van der Waals surface area contributed by atoms with Crippen molar-refractivity contribution in [1.82, 2.24) is 14.9 Å². The molecule has 5 rings (SSSR count). The normalized spacial score (nSPS) is 24.3. The van der Waals surface area contributed by atoms with Crippen molar-refractivity contribution in [3.05, 3.63) is 117 Å². The van der Waals surface area contributed by atoms with Gasteiger partial charge in [-0.15, -0.1) is 0 Å². The number of phosphoric acid groups is 1. The van der Waals surface area contributed by atoms with Crippen molar-refractivity contribution in [2.45, 2.75) is 95.5 Å². The van der Waals surface area contributed by atoms with Crippen LogP contribution in [0.5, 0.6) is 0 Å². The van der Waals surface area contributed by atoms with Crippen LogP contribution in [0.2, 0.25) is 0 Å². The highest BCUT2D eigenvalue weighted by atomic mass is 31.2. The van der Waals surface area contributed by atoms with Gasteiger partial charge in [0.15, 0.2) is 30.6 Å². The molecule has 0 aliphatic carbocycles. The summed E-state index contributed by atoms with van der Waals surface area (Å²) in [5.41, 5.74) is -1.61. The molecule has 1 aromatic heterocycles. The van der Waals surface area contributed by atoms with Gasteiger partial charge in [-0.1, -0.05) is 36.4 Å². The molecule has 3 aromatic rings. The number of aromatic nitrogens is 2. The number of hydrogen-bond donors (Lipinski definition) is 2. The molecular weight excluding hydrogens is 907 g/mol. The highest BCUT2D eigenvalue weighted by Gasteiger charge is 2.53. The number of esters is 5. The number of aromatic amines is 1. The summed E-state index contributed by atoms with van der Waals surface area (Å²) < 4.78 is 71.8. The van der Waals surface area contributed by atoms with E-state index in [1.54, 1.807) is 36.4 Å². The number of nitrogens with one attached hydrogen (secondary N) is 2. The third-order valence-corrected chi connectivity index (χ3v) is 11.0. The molecule has 2 N–H and O–H groups in total. The Morgan fingerprint density at radius 3 is 1.90 bits per heavy atom. The number of hydrogen-bond acceptors (Lipinski definition) is 20. The first kappa shape index (κ1) is 51.0. The molecule has 24 heteroatoms. The number of nitriles is 1. The first-order valence-corrected chi connectivity index (χ1v) is 21.9. The topological polar surface area (TPSA) is 302 Å². The summed E-state index contributed by atoms with van der Waals surface area (Å²) >= 11 is 0. The fourth-order valence-corrected chi connectivity index (χ4v) is 7.97. The van der Waals surface area contributed by atoms with E-state index in [0.717, 1.165) is 43.9 Å². The Hall–Kier alpha value is -6.96. The Bertz CT molecular complexity index is 2470. The van der Waals surface area contributed by atoms with Crippen LogP contribution < -0.4 is 16.6 Å². The molecule has 23 nitrogen and oxygen atoms in total. The molecule has 2 aliphatic heterocycles. The van der Waals surface area contributed by atoms with Gasteiger partial charge in [0.25, 0.3) is 5.56 Å². The molecule has 0 radical (unpaired) electrons. The molecule has 0 bridgehead atoms. The molecule has 1 amide bonds. The Morgan fingerprint density at radius 1 is 0.746 bits per heavy atom. The predicted octanol–water partition coefficient (Wildman–Crippen LogP) is 2.56. The van der Waals surface area contributed by atoms with E-state index < -0.39 is 130 Å². The van der Waals surface area contributed by atoms with Gasteiger partial charge in [0, 0.05) is 40.0 Å². The number of amides is 1. The third kappa shape index (κ3) is 14.5. The lowest BCUT2D eigenvalue weighted by molar-refractivity contribution is -0.223. The van der Waals surface area contributed by atoms with E-state index in [4.69, 9.17) is 46.7 Å². The van der Waals surface area contributed by atoms with Crippen molar-refractivity contribution in [1.29, 1.82) is 5.26 Å². The molecule has 2 fully saturated rings. The number of carbonyl (C=O) groups excluding carboxylic acids is 6. The third-order valence-electron chi connectivity index (χ3n) is 9.65. The number of carbonyl (C=O) groups is 6. The molecule has 10 atom stereocenters. The minimum absolute atomic E-state index is 0.0698. The van der Waals surface area contributed by atoms with Crippen LogP contribution in [-0.4, -0.2) is 114 Å². The van der Waals surface area contributed by atoms with Crippen molar-refractivity contribution in [2.24, 2.45) is 0 Å².